The third kappa shape index (κ3) is 5.98. The molecule has 0 aliphatic carbocycles. The molecule has 1 aliphatic rings. The molecule has 1 aromatic heterocycles. The molecule has 4 nitrogen and oxygen atoms in total. The van der Waals surface area contributed by atoms with E-state index in [1.54, 1.807) is 11.3 Å². The summed E-state index contributed by atoms with van der Waals surface area (Å²) < 4.78 is 6.26. The predicted molar refractivity (Wildman–Crippen MR) is 96.3 cm³/mol. The van der Waals surface area contributed by atoms with Crippen molar-refractivity contribution in [2.45, 2.75) is 52.2 Å². The van der Waals surface area contributed by atoms with Crippen molar-refractivity contribution in [3.05, 3.63) is 21.3 Å². The largest absolute Gasteiger partial charge is 0.444 e. The molecule has 1 saturated heterocycles. The summed E-state index contributed by atoms with van der Waals surface area (Å²) in [5.74, 6) is 0.602. The monoisotopic (exact) mass is 358 g/mol. The van der Waals surface area contributed by atoms with Gasteiger partial charge in [-0.15, -0.1) is 11.3 Å². The summed E-state index contributed by atoms with van der Waals surface area (Å²) in [5.41, 5.74) is 0.818. The maximum absolute atomic E-state index is 12.1. The van der Waals surface area contributed by atoms with Crippen LogP contribution in [0.1, 0.15) is 52.1 Å². The standard InChI is InChI=1S/C17H27ClN2O2S/c1-12(14-9-15(18)23-11-14)19-10-13-5-7-20(8-6-13)16(21)22-17(2,3)4/h9,11-13,19H,5-8,10H2,1-4H3. The van der Waals surface area contributed by atoms with E-state index in [4.69, 9.17) is 16.3 Å². The smallest absolute Gasteiger partial charge is 0.410 e. The predicted octanol–water partition coefficient (Wildman–Crippen LogP) is 4.70. The molecule has 1 unspecified atom stereocenters. The quantitative estimate of drug-likeness (QED) is 0.848. The summed E-state index contributed by atoms with van der Waals surface area (Å²) >= 11 is 7.56. The average molecular weight is 359 g/mol. The Balaban J connectivity index is 1.71. The number of nitrogens with zero attached hydrogens (tertiary/aromatic N) is 1. The van der Waals surface area contributed by atoms with Gasteiger partial charge in [0.15, 0.2) is 0 Å². The van der Waals surface area contributed by atoms with Gasteiger partial charge in [-0.2, -0.15) is 0 Å². The van der Waals surface area contributed by atoms with Gasteiger partial charge in [-0.05, 0) is 70.0 Å². The Labute approximate surface area is 148 Å². The van der Waals surface area contributed by atoms with E-state index in [1.165, 1.54) is 5.56 Å². The van der Waals surface area contributed by atoms with Gasteiger partial charge in [0.05, 0.1) is 4.34 Å². The third-order valence-electron chi connectivity index (χ3n) is 4.07. The van der Waals surface area contributed by atoms with Crippen LogP contribution in [0.15, 0.2) is 11.4 Å². The molecule has 2 heterocycles. The van der Waals surface area contributed by atoms with E-state index in [9.17, 15) is 4.79 Å². The third-order valence-corrected chi connectivity index (χ3v) is 5.18. The molecule has 1 amide bonds. The van der Waals surface area contributed by atoms with Gasteiger partial charge in [-0.3, -0.25) is 0 Å². The van der Waals surface area contributed by atoms with Crippen LogP contribution >= 0.6 is 22.9 Å². The number of amides is 1. The highest BCUT2D eigenvalue weighted by molar-refractivity contribution is 7.14. The molecule has 1 atom stereocenters. The van der Waals surface area contributed by atoms with Gasteiger partial charge in [-0.1, -0.05) is 11.6 Å². The molecule has 23 heavy (non-hydrogen) atoms. The number of halogens is 1. The molecule has 2 rings (SSSR count). The lowest BCUT2D eigenvalue weighted by molar-refractivity contribution is 0.0183. The first-order valence-electron chi connectivity index (χ1n) is 8.20. The zero-order valence-corrected chi connectivity index (χ0v) is 16.0. The zero-order chi connectivity index (χ0) is 17.0. The first kappa shape index (κ1) is 18.6. The maximum Gasteiger partial charge on any atom is 0.410 e. The first-order chi connectivity index (χ1) is 10.7. The molecule has 0 aromatic carbocycles. The van der Waals surface area contributed by atoms with Crippen molar-refractivity contribution in [2.24, 2.45) is 5.92 Å². The van der Waals surface area contributed by atoms with Crippen LogP contribution in [0.25, 0.3) is 0 Å². The Morgan fingerprint density at radius 2 is 2.13 bits per heavy atom. The minimum absolute atomic E-state index is 0.190. The minimum Gasteiger partial charge on any atom is -0.444 e. The van der Waals surface area contributed by atoms with E-state index in [-0.39, 0.29) is 6.09 Å². The molecule has 130 valence electrons. The van der Waals surface area contributed by atoms with Gasteiger partial charge in [0.25, 0.3) is 0 Å². The molecule has 0 saturated carbocycles. The molecule has 1 aliphatic heterocycles. The Hall–Kier alpha value is -0.780. The fraction of sp³-hybridized carbons (Fsp3) is 0.706. The fourth-order valence-corrected chi connectivity index (χ4v) is 3.64. The van der Waals surface area contributed by atoms with Crippen LogP contribution in [-0.4, -0.2) is 36.2 Å². The van der Waals surface area contributed by atoms with E-state index in [2.05, 4.69) is 17.6 Å². The van der Waals surface area contributed by atoms with Crippen LogP contribution in [0.4, 0.5) is 4.79 Å². The maximum atomic E-state index is 12.1. The summed E-state index contributed by atoms with van der Waals surface area (Å²) in [6, 6.07) is 2.33. The molecule has 1 N–H and O–H groups in total. The molecular formula is C17H27ClN2O2S. The van der Waals surface area contributed by atoms with Crippen LogP contribution < -0.4 is 5.32 Å². The van der Waals surface area contributed by atoms with Crippen LogP contribution in [-0.2, 0) is 4.74 Å². The van der Waals surface area contributed by atoms with Crippen LogP contribution in [0.5, 0.6) is 0 Å². The second-order valence-corrected chi connectivity index (χ2v) is 8.77. The summed E-state index contributed by atoms with van der Waals surface area (Å²) in [4.78, 5) is 13.9. The fourth-order valence-electron chi connectivity index (χ4n) is 2.66. The average Bonchev–Trinajstić information content (AvgIpc) is 2.90. The minimum atomic E-state index is -0.424. The van der Waals surface area contributed by atoms with Crippen molar-refractivity contribution in [1.29, 1.82) is 0 Å². The SMILES string of the molecule is CC(NCC1CCN(C(=O)OC(C)(C)C)CC1)c1csc(Cl)c1. The van der Waals surface area contributed by atoms with E-state index in [1.807, 2.05) is 31.7 Å². The number of ether oxygens (including phenoxy) is 1. The van der Waals surface area contributed by atoms with Crippen molar-refractivity contribution >= 4 is 29.0 Å². The second-order valence-electron chi connectivity index (χ2n) is 7.22. The van der Waals surface area contributed by atoms with Crippen molar-refractivity contribution < 1.29 is 9.53 Å². The number of hydrogen-bond acceptors (Lipinski definition) is 4. The van der Waals surface area contributed by atoms with Crippen LogP contribution in [0.3, 0.4) is 0 Å². The molecule has 0 radical (unpaired) electrons. The normalized spacial score (nSPS) is 18.0. The van der Waals surface area contributed by atoms with Crippen LogP contribution in [0, 0.1) is 5.92 Å². The Bertz CT molecular complexity index is 519. The van der Waals surface area contributed by atoms with Crippen molar-refractivity contribution in [3.8, 4) is 0 Å². The number of thiophene rings is 1. The lowest BCUT2D eigenvalue weighted by Crippen LogP contribution is -2.43. The van der Waals surface area contributed by atoms with Crippen molar-refractivity contribution in [2.75, 3.05) is 19.6 Å². The van der Waals surface area contributed by atoms with Gasteiger partial charge >= 0.3 is 6.09 Å². The van der Waals surface area contributed by atoms with E-state index >= 15 is 0 Å². The molecular weight excluding hydrogens is 332 g/mol. The lowest BCUT2D eigenvalue weighted by Gasteiger charge is -2.34. The van der Waals surface area contributed by atoms with E-state index in [0.717, 1.165) is 36.8 Å². The van der Waals surface area contributed by atoms with E-state index in [0.29, 0.717) is 12.0 Å². The van der Waals surface area contributed by atoms with Gasteiger partial charge in [0, 0.05) is 19.1 Å². The summed E-state index contributed by atoms with van der Waals surface area (Å²) in [7, 11) is 0. The highest BCUT2D eigenvalue weighted by Crippen LogP contribution is 2.25. The zero-order valence-electron chi connectivity index (χ0n) is 14.4. The summed E-state index contributed by atoms with van der Waals surface area (Å²) in [6.45, 7) is 10.4. The topological polar surface area (TPSA) is 41.6 Å². The van der Waals surface area contributed by atoms with Crippen molar-refractivity contribution in [1.82, 2.24) is 10.2 Å². The van der Waals surface area contributed by atoms with Gasteiger partial charge in [0.1, 0.15) is 5.60 Å². The highest BCUT2D eigenvalue weighted by atomic mass is 35.5. The Morgan fingerprint density at radius 3 is 2.65 bits per heavy atom. The number of rotatable bonds is 4. The molecule has 1 aromatic rings. The Kier molecular flexibility index (Phi) is 6.34. The van der Waals surface area contributed by atoms with Gasteiger partial charge < -0.3 is 15.0 Å². The lowest BCUT2D eigenvalue weighted by atomic mass is 9.96. The number of piperidine rings is 1. The first-order valence-corrected chi connectivity index (χ1v) is 9.45. The second kappa shape index (κ2) is 7.86. The molecule has 1 fully saturated rings. The van der Waals surface area contributed by atoms with E-state index < -0.39 is 5.60 Å². The van der Waals surface area contributed by atoms with Crippen molar-refractivity contribution in [3.63, 3.8) is 0 Å². The Morgan fingerprint density at radius 1 is 1.48 bits per heavy atom. The molecule has 0 spiro atoms. The van der Waals surface area contributed by atoms with Gasteiger partial charge in [-0.25, -0.2) is 4.79 Å². The number of carbonyl (C=O) groups is 1. The molecule has 0 bridgehead atoms. The number of nitrogens with one attached hydrogen (secondary N) is 1. The summed E-state index contributed by atoms with van der Waals surface area (Å²) in [5, 5.41) is 5.68. The number of likely N-dealkylation sites (tertiary alicyclic amines) is 1. The number of carbonyl (C=O) groups excluding carboxylic acids is 1. The van der Waals surface area contributed by atoms with Crippen LogP contribution in [0.2, 0.25) is 4.34 Å². The molecule has 6 heteroatoms. The number of hydrogen-bond donors (Lipinski definition) is 1. The van der Waals surface area contributed by atoms with Gasteiger partial charge in [0.2, 0.25) is 0 Å². The highest BCUT2D eigenvalue weighted by Gasteiger charge is 2.26. The summed E-state index contributed by atoms with van der Waals surface area (Å²) in [6.07, 6.45) is 1.84.